The van der Waals surface area contributed by atoms with Crippen LogP contribution < -0.4 is 0 Å². The molecule has 23 heavy (non-hydrogen) atoms. The number of alkyl halides is 3. The van der Waals surface area contributed by atoms with Crippen LogP contribution in [0.25, 0.3) is 0 Å². The van der Waals surface area contributed by atoms with Gasteiger partial charge in [-0.25, -0.2) is 8.78 Å². The van der Waals surface area contributed by atoms with Crippen molar-refractivity contribution in [1.29, 1.82) is 0 Å². The maximum Gasteiger partial charge on any atom is 0.435 e. The number of halogens is 5. The van der Waals surface area contributed by atoms with Crippen LogP contribution in [0, 0.1) is 11.6 Å². The molecule has 0 saturated carbocycles. The van der Waals surface area contributed by atoms with Crippen LogP contribution in [-0.2, 0) is 10.4 Å². The fourth-order valence-electron chi connectivity index (χ4n) is 2.48. The fourth-order valence-corrected chi connectivity index (χ4v) is 2.48. The van der Waals surface area contributed by atoms with E-state index in [2.05, 4.69) is 5.16 Å². The second-order valence-electron chi connectivity index (χ2n) is 5.15. The van der Waals surface area contributed by atoms with Crippen molar-refractivity contribution in [2.75, 3.05) is 0 Å². The maximum atomic E-state index is 13.6. The van der Waals surface area contributed by atoms with E-state index in [4.69, 9.17) is 4.84 Å². The zero-order valence-electron chi connectivity index (χ0n) is 11.6. The van der Waals surface area contributed by atoms with Gasteiger partial charge >= 0.3 is 6.18 Å². The van der Waals surface area contributed by atoms with Gasteiger partial charge in [-0.3, -0.25) is 0 Å². The van der Waals surface area contributed by atoms with E-state index in [-0.39, 0.29) is 5.71 Å². The Kier molecular flexibility index (Phi) is 3.58. The molecule has 0 N–H and O–H groups in total. The highest BCUT2D eigenvalue weighted by molar-refractivity contribution is 6.01. The first kappa shape index (κ1) is 15.5. The van der Waals surface area contributed by atoms with Gasteiger partial charge in [-0.05, 0) is 17.7 Å². The Bertz CT molecular complexity index is 737. The van der Waals surface area contributed by atoms with Crippen molar-refractivity contribution in [2.24, 2.45) is 5.16 Å². The summed E-state index contributed by atoms with van der Waals surface area (Å²) in [4.78, 5) is 4.70. The first-order valence-electron chi connectivity index (χ1n) is 6.66. The molecule has 0 radical (unpaired) electrons. The van der Waals surface area contributed by atoms with Gasteiger partial charge in [-0.15, -0.1) is 0 Å². The first-order valence-corrected chi connectivity index (χ1v) is 6.66. The summed E-state index contributed by atoms with van der Waals surface area (Å²) in [5, 5.41) is 3.51. The van der Waals surface area contributed by atoms with Crippen molar-refractivity contribution in [3.63, 3.8) is 0 Å². The predicted molar refractivity (Wildman–Crippen MR) is 72.8 cm³/mol. The third-order valence-electron chi connectivity index (χ3n) is 3.62. The summed E-state index contributed by atoms with van der Waals surface area (Å²) in [5.41, 5.74) is -3.04. The molecule has 1 aliphatic heterocycles. The summed E-state index contributed by atoms with van der Waals surface area (Å²) in [6.45, 7) is 0. The Hall–Kier alpha value is -2.44. The molecule has 2 nitrogen and oxygen atoms in total. The van der Waals surface area contributed by atoms with Crippen LogP contribution in [0.2, 0.25) is 0 Å². The van der Waals surface area contributed by atoms with Crippen molar-refractivity contribution < 1.29 is 26.8 Å². The first-order chi connectivity index (χ1) is 10.8. The molecule has 0 aromatic heterocycles. The molecule has 1 unspecified atom stereocenters. The van der Waals surface area contributed by atoms with Gasteiger partial charge in [0.05, 0.1) is 5.71 Å². The molecule has 0 bridgehead atoms. The highest BCUT2D eigenvalue weighted by atomic mass is 19.4. The predicted octanol–water partition coefficient (Wildman–Crippen LogP) is 4.55. The van der Waals surface area contributed by atoms with Crippen LogP contribution in [0.4, 0.5) is 22.0 Å². The molecule has 0 saturated heterocycles. The third-order valence-corrected chi connectivity index (χ3v) is 3.62. The number of hydrogen-bond donors (Lipinski definition) is 0. The molecule has 7 heteroatoms. The Morgan fingerprint density at radius 2 is 1.57 bits per heavy atom. The number of nitrogens with zero attached hydrogens (tertiary/aromatic N) is 1. The molecule has 0 spiro atoms. The lowest BCUT2D eigenvalue weighted by Gasteiger charge is -2.29. The van der Waals surface area contributed by atoms with E-state index in [1.807, 2.05) is 0 Å². The minimum Gasteiger partial charge on any atom is -0.374 e. The fraction of sp³-hybridized carbons (Fsp3) is 0.188. The maximum absolute atomic E-state index is 13.6. The van der Waals surface area contributed by atoms with E-state index in [9.17, 15) is 22.0 Å². The lowest BCUT2D eigenvalue weighted by atomic mass is 9.86. The standard InChI is InChI=1S/C16H10F5NO/c17-12-6-11(7-13(18)8-12)15(16(19,20)21)9-14(22-23-15)10-4-2-1-3-5-10/h1-8H,9H2. The summed E-state index contributed by atoms with van der Waals surface area (Å²) in [6, 6.07) is 9.89. The minimum atomic E-state index is -4.90. The summed E-state index contributed by atoms with van der Waals surface area (Å²) >= 11 is 0. The second-order valence-corrected chi connectivity index (χ2v) is 5.15. The number of oxime groups is 1. The van der Waals surface area contributed by atoms with Gasteiger partial charge in [0, 0.05) is 18.1 Å². The van der Waals surface area contributed by atoms with Gasteiger partial charge < -0.3 is 4.84 Å². The van der Waals surface area contributed by atoms with Crippen LogP contribution >= 0.6 is 0 Å². The molecule has 2 aromatic carbocycles. The van der Waals surface area contributed by atoms with Crippen LogP contribution in [-0.4, -0.2) is 11.9 Å². The molecular weight excluding hydrogens is 317 g/mol. The zero-order valence-corrected chi connectivity index (χ0v) is 11.6. The summed E-state index contributed by atoms with van der Waals surface area (Å²) < 4.78 is 67.6. The van der Waals surface area contributed by atoms with Gasteiger partial charge in [0.15, 0.2) is 0 Å². The SMILES string of the molecule is Fc1cc(F)cc(C2(C(F)(F)F)CC(c3ccccc3)=NO2)c1. The van der Waals surface area contributed by atoms with Crippen LogP contribution in [0.15, 0.2) is 53.7 Å². The number of rotatable bonds is 2. The minimum absolute atomic E-state index is 0.0626. The molecule has 1 aliphatic rings. The van der Waals surface area contributed by atoms with Gasteiger partial charge in [-0.1, -0.05) is 35.5 Å². The quantitative estimate of drug-likeness (QED) is 0.742. The molecule has 120 valence electrons. The summed E-state index contributed by atoms with van der Waals surface area (Å²) in [7, 11) is 0. The second kappa shape index (κ2) is 5.33. The summed E-state index contributed by atoms with van der Waals surface area (Å²) in [6.07, 6.45) is -5.56. The van der Waals surface area contributed by atoms with E-state index in [0.717, 1.165) is 0 Å². The lowest BCUT2D eigenvalue weighted by Crippen LogP contribution is -2.42. The Morgan fingerprint density at radius 3 is 2.13 bits per heavy atom. The van der Waals surface area contributed by atoms with Crippen molar-refractivity contribution in [1.82, 2.24) is 0 Å². The molecule has 1 atom stereocenters. The zero-order chi connectivity index (χ0) is 16.7. The van der Waals surface area contributed by atoms with E-state index >= 15 is 0 Å². The molecular formula is C16H10F5NO. The lowest BCUT2D eigenvalue weighted by molar-refractivity contribution is -0.276. The largest absolute Gasteiger partial charge is 0.435 e. The topological polar surface area (TPSA) is 21.6 Å². The molecule has 2 aromatic rings. The Morgan fingerprint density at radius 1 is 0.957 bits per heavy atom. The van der Waals surface area contributed by atoms with E-state index in [1.165, 1.54) is 0 Å². The molecule has 1 heterocycles. The molecule has 3 rings (SSSR count). The molecule has 0 fully saturated rings. The highest BCUT2D eigenvalue weighted by Gasteiger charge is 2.62. The van der Waals surface area contributed by atoms with Gasteiger partial charge in [0.1, 0.15) is 11.6 Å². The van der Waals surface area contributed by atoms with Crippen molar-refractivity contribution in [3.05, 3.63) is 71.3 Å². The molecule has 0 amide bonds. The Labute approximate surface area is 128 Å². The van der Waals surface area contributed by atoms with Crippen LogP contribution in [0.5, 0.6) is 0 Å². The van der Waals surface area contributed by atoms with Gasteiger partial charge in [0.25, 0.3) is 5.60 Å². The number of benzene rings is 2. The number of hydrogen-bond acceptors (Lipinski definition) is 2. The van der Waals surface area contributed by atoms with Crippen molar-refractivity contribution in [3.8, 4) is 0 Å². The highest BCUT2D eigenvalue weighted by Crippen LogP contribution is 2.48. The Balaban J connectivity index is 2.05. The summed E-state index contributed by atoms with van der Waals surface area (Å²) in [5.74, 6) is -2.22. The van der Waals surface area contributed by atoms with E-state index in [0.29, 0.717) is 23.8 Å². The van der Waals surface area contributed by atoms with Crippen LogP contribution in [0.1, 0.15) is 17.5 Å². The normalized spacial score (nSPS) is 21.0. The third kappa shape index (κ3) is 2.67. The van der Waals surface area contributed by atoms with Crippen LogP contribution in [0.3, 0.4) is 0 Å². The monoisotopic (exact) mass is 327 g/mol. The van der Waals surface area contributed by atoms with Gasteiger partial charge in [0.2, 0.25) is 0 Å². The van der Waals surface area contributed by atoms with Crippen molar-refractivity contribution >= 4 is 5.71 Å². The van der Waals surface area contributed by atoms with Gasteiger partial charge in [-0.2, -0.15) is 13.2 Å². The van der Waals surface area contributed by atoms with E-state index < -0.39 is 35.4 Å². The molecule has 0 aliphatic carbocycles. The average Bonchev–Trinajstić information content (AvgIpc) is 2.93. The average molecular weight is 327 g/mol. The van der Waals surface area contributed by atoms with E-state index in [1.54, 1.807) is 30.3 Å². The smallest absolute Gasteiger partial charge is 0.374 e. The van der Waals surface area contributed by atoms with Crippen molar-refractivity contribution in [2.45, 2.75) is 18.2 Å².